The van der Waals surface area contributed by atoms with Crippen LogP contribution in [0.5, 0.6) is 0 Å². The molecule has 1 aromatic heterocycles. The van der Waals surface area contributed by atoms with E-state index in [9.17, 15) is 4.79 Å². The number of fused-ring (bicyclic) bond motifs is 1. The van der Waals surface area contributed by atoms with Gasteiger partial charge in [0.25, 0.3) is 5.91 Å². The monoisotopic (exact) mass is 307 g/mol. The predicted octanol–water partition coefficient (Wildman–Crippen LogP) is 2.36. The van der Waals surface area contributed by atoms with E-state index in [1.165, 1.54) is 0 Å². The number of hydrogen-bond donors (Lipinski definition) is 1. The molecule has 0 saturated carbocycles. The quantitative estimate of drug-likeness (QED) is 0.581. The first kappa shape index (κ1) is 14.9. The number of para-hydroxylation sites is 1. The maximum absolute atomic E-state index is 12.1. The van der Waals surface area contributed by atoms with Crippen LogP contribution in [0, 0.1) is 0 Å². The predicted molar refractivity (Wildman–Crippen MR) is 88.9 cm³/mol. The number of hydrogen-bond acceptors (Lipinski definition) is 4. The van der Waals surface area contributed by atoms with Crippen molar-refractivity contribution in [1.82, 2.24) is 20.4 Å². The van der Waals surface area contributed by atoms with Crippen LogP contribution < -0.4 is 5.43 Å². The van der Waals surface area contributed by atoms with Gasteiger partial charge in [0.15, 0.2) is 0 Å². The molecule has 116 valence electrons. The first-order valence-electron chi connectivity index (χ1n) is 7.47. The molecule has 6 nitrogen and oxygen atoms in total. The number of aromatic nitrogens is 3. The normalized spacial score (nSPS) is 11.6. The SMILES string of the molecule is CC/C(=N/NC(=O)Cn1nnc2ccccc21)c1ccccc1. The Morgan fingerprint density at radius 1 is 1.13 bits per heavy atom. The largest absolute Gasteiger partial charge is 0.271 e. The molecule has 0 radical (unpaired) electrons. The van der Waals surface area contributed by atoms with Crippen LogP contribution in [0.4, 0.5) is 0 Å². The first-order chi connectivity index (χ1) is 11.3. The summed E-state index contributed by atoms with van der Waals surface area (Å²) in [7, 11) is 0. The fourth-order valence-electron chi connectivity index (χ4n) is 2.31. The lowest BCUT2D eigenvalue weighted by atomic mass is 10.1. The third-order valence-corrected chi connectivity index (χ3v) is 3.47. The lowest BCUT2D eigenvalue weighted by Crippen LogP contribution is -2.25. The van der Waals surface area contributed by atoms with Crippen LogP contribution in [0.15, 0.2) is 59.7 Å². The number of benzene rings is 2. The zero-order valence-electron chi connectivity index (χ0n) is 12.8. The fourth-order valence-corrected chi connectivity index (χ4v) is 2.31. The molecular formula is C17H17N5O. The van der Waals surface area contributed by atoms with Gasteiger partial charge in [0.2, 0.25) is 0 Å². The minimum absolute atomic E-state index is 0.0792. The van der Waals surface area contributed by atoms with Gasteiger partial charge in [0.05, 0.1) is 11.2 Å². The highest BCUT2D eigenvalue weighted by Gasteiger charge is 2.08. The standard InChI is InChI=1S/C17H17N5O/c1-2-14(13-8-4-3-5-9-13)18-20-17(23)12-22-16-11-7-6-10-15(16)19-21-22/h3-11H,2,12H2,1H3,(H,20,23)/b18-14-. The molecule has 0 spiro atoms. The summed E-state index contributed by atoms with van der Waals surface area (Å²) in [5, 5.41) is 12.3. The second-order valence-electron chi connectivity index (χ2n) is 5.05. The van der Waals surface area contributed by atoms with E-state index in [-0.39, 0.29) is 12.5 Å². The van der Waals surface area contributed by atoms with E-state index in [1.54, 1.807) is 4.68 Å². The second kappa shape index (κ2) is 6.83. The molecule has 0 fully saturated rings. The van der Waals surface area contributed by atoms with Gasteiger partial charge in [-0.05, 0) is 24.1 Å². The Morgan fingerprint density at radius 2 is 1.87 bits per heavy atom. The Morgan fingerprint density at radius 3 is 2.65 bits per heavy atom. The van der Waals surface area contributed by atoms with Gasteiger partial charge in [-0.25, -0.2) is 10.1 Å². The maximum atomic E-state index is 12.1. The number of carbonyl (C=O) groups excluding carboxylic acids is 1. The van der Waals surface area contributed by atoms with Gasteiger partial charge in [-0.15, -0.1) is 5.10 Å². The molecule has 0 aliphatic carbocycles. The molecule has 1 heterocycles. The zero-order chi connectivity index (χ0) is 16.1. The Hall–Kier alpha value is -3.02. The van der Waals surface area contributed by atoms with Crippen LogP contribution in [0.2, 0.25) is 0 Å². The molecule has 0 atom stereocenters. The first-order valence-corrected chi connectivity index (χ1v) is 7.47. The van der Waals surface area contributed by atoms with Gasteiger partial charge in [0.1, 0.15) is 12.1 Å². The molecule has 0 saturated heterocycles. The van der Waals surface area contributed by atoms with Crippen LogP contribution in [0.25, 0.3) is 11.0 Å². The lowest BCUT2D eigenvalue weighted by Gasteiger charge is -2.05. The highest BCUT2D eigenvalue weighted by Crippen LogP contribution is 2.09. The van der Waals surface area contributed by atoms with Crippen molar-refractivity contribution in [3.8, 4) is 0 Å². The molecule has 0 bridgehead atoms. The molecule has 2 aromatic carbocycles. The van der Waals surface area contributed by atoms with Crippen LogP contribution in [-0.2, 0) is 11.3 Å². The van der Waals surface area contributed by atoms with E-state index in [0.29, 0.717) is 0 Å². The van der Waals surface area contributed by atoms with E-state index in [1.807, 2.05) is 61.5 Å². The summed E-state index contributed by atoms with van der Waals surface area (Å²) in [5.74, 6) is -0.234. The number of carbonyl (C=O) groups is 1. The highest BCUT2D eigenvalue weighted by atomic mass is 16.2. The lowest BCUT2D eigenvalue weighted by molar-refractivity contribution is -0.121. The Bertz CT molecular complexity index is 838. The average Bonchev–Trinajstić information content (AvgIpc) is 2.99. The van der Waals surface area contributed by atoms with E-state index in [2.05, 4.69) is 20.8 Å². The summed E-state index contributed by atoms with van der Waals surface area (Å²) in [6, 6.07) is 17.3. The molecule has 3 rings (SSSR count). The Kier molecular flexibility index (Phi) is 4.42. The van der Waals surface area contributed by atoms with Gasteiger partial charge in [-0.2, -0.15) is 5.10 Å². The van der Waals surface area contributed by atoms with Crippen molar-refractivity contribution in [3.05, 3.63) is 60.2 Å². The third kappa shape index (κ3) is 3.42. The van der Waals surface area contributed by atoms with Crippen LogP contribution in [0.3, 0.4) is 0 Å². The maximum Gasteiger partial charge on any atom is 0.261 e. The van der Waals surface area contributed by atoms with Crippen molar-refractivity contribution < 1.29 is 4.79 Å². The number of nitrogens with zero attached hydrogens (tertiary/aromatic N) is 4. The fraction of sp³-hybridized carbons (Fsp3) is 0.176. The summed E-state index contributed by atoms with van der Waals surface area (Å²) in [4.78, 5) is 12.1. The molecule has 6 heteroatoms. The van der Waals surface area contributed by atoms with Crippen molar-refractivity contribution in [2.24, 2.45) is 5.10 Å². The van der Waals surface area contributed by atoms with Crippen molar-refractivity contribution in [1.29, 1.82) is 0 Å². The zero-order valence-corrected chi connectivity index (χ0v) is 12.8. The summed E-state index contributed by atoms with van der Waals surface area (Å²) < 4.78 is 1.56. The summed E-state index contributed by atoms with van der Waals surface area (Å²) in [6.45, 7) is 2.08. The molecule has 1 N–H and O–H groups in total. The molecule has 3 aromatic rings. The van der Waals surface area contributed by atoms with E-state index < -0.39 is 0 Å². The van der Waals surface area contributed by atoms with E-state index in [0.717, 1.165) is 28.7 Å². The minimum atomic E-state index is -0.234. The Labute approximate surface area is 133 Å². The number of rotatable bonds is 5. The van der Waals surface area contributed by atoms with E-state index in [4.69, 9.17) is 0 Å². The molecule has 0 unspecified atom stereocenters. The van der Waals surface area contributed by atoms with Crippen LogP contribution >= 0.6 is 0 Å². The minimum Gasteiger partial charge on any atom is -0.271 e. The molecule has 0 aliphatic heterocycles. The van der Waals surface area contributed by atoms with Gasteiger partial charge >= 0.3 is 0 Å². The number of amides is 1. The number of hydrazone groups is 1. The topological polar surface area (TPSA) is 72.2 Å². The molecule has 1 amide bonds. The summed E-state index contributed by atoms with van der Waals surface area (Å²) in [6.07, 6.45) is 0.733. The van der Waals surface area contributed by atoms with Crippen molar-refractivity contribution in [3.63, 3.8) is 0 Å². The molecular weight excluding hydrogens is 290 g/mol. The average molecular weight is 307 g/mol. The van der Waals surface area contributed by atoms with Crippen LogP contribution in [0.1, 0.15) is 18.9 Å². The van der Waals surface area contributed by atoms with Crippen molar-refractivity contribution in [2.75, 3.05) is 0 Å². The van der Waals surface area contributed by atoms with E-state index >= 15 is 0 Å². The number of nitrogens with one attached hydrogen (secondary N) is 1. The second-order valence-corrected chi connectivity index (χ2v) is 5.05. The highest BCUT2D eigenvalue weighted by molar-refractivity contribution is 6.00. The van der Waals surface area contributed by atoms with Crippen molar-refractivity contribution in [2.45, 2.75) is 19.9 Å². The third-order valence-electron chi connectivity index (χ3n) is 3.47. The van der Waals surface area contributed by atoms with Gasteiger partial charge < -0.3 is 0 Å². The summed E-state index contributed by atoms with van der Waals surface area (Å²) in [5.41, 5.74) is 6.02. The van der Waals surface area contributed by atoms with Crippen molar-refractivity contribution >= 4 is 22.7 Å². The van der Waals surface area contributed by atoms with Gasteiger partial charge in [-0.1, -0.05) is 54.6 Å². The smallest absolute Gasteiger partial charge is 0.261 e. The van der Waals surface area contributed by atoms with Gasteiger partial charge in [-0.3, -0.25) is 4.79 Å². The summed E-state index contributed by atoms with van der Waals surface area (Å²) >= 11 is 0. The Balaban J connectivity index is 1.70. The van der Waals surface area contributed by atoms with Gasteiger partial charge in [0, 0.05) is 0 Å². The molecule has 0 aliphatic rings. The molecule has 23 heavy (non-hydrogen) atoms. The van der Waals surface area contributed by atoms with Crippen LogP contribution in [-0.4, -0.2) is 26.6 Å².